The maximum Gasteiger partial charge on any atom is 0.118 e. The van der Waals surface area contributed by atoms with Gasteiger partial charge in [0.05, 0.1) is 0 Å². The van der Waals surface area contributed by atoms with E-state index in [1.54, 1.807) is 5.19 Å². The van der Waals surface area contributed by atoms with Crippen molar-refractivity contribution < 1.29 is 5.11 Å². The van der Waals surface area contributed by atoms with Gasteiger partial charge in [-0.25, -0.2) is 0 Å². The first-order valence-electron chi connectivity index (χ1n) is 9.59. The van der Waals surface area contributed by atoms with Crippen LogP contribution in [-0.4, -0.2) is 13.2 Å². The molecule has 1 aliphatic rings. The van der Waals surface area contributed by atoms with Crippen molar-refractivity contribution in [3.05, 3.63) is 54.6 Å². The van der Waals surface area contributed by atoms with E-state index in [-0.39, 0.29) is 0 Å². The highest BCUT2D eigenvalue weighted by molar-refractivity contribution is 7.02. The largest absolute Gasteiger partial charge is 0.508 e. The zero-order chi connectivity index (χ0) is 16.8. The third-order valence-electron chi connectivity index (χ3n) is 5.92. The van der Waals surface area contributed by atoms with Crippen LogP contribution in [0.4, 0.5) is 0 Å². The summed E-state index contributed by atoms with van der Waals surface area (Å²) in [7, 11) is -1.66. The fraction of sp³-hybridized carbons (Fsp3) is 0.455. The van der Waals surface area contributed by atoms with Crippen LogP contribution in [0, 0.1) is 5.92 Å². The Bertz CT molecular complexity index is 612. The summed E-state index contributed by atoms with van der Waals surface area (Å²) in [6, 6.07) is 22.0. The second-order valence-corrected chi connectivity index (χ2v) is 11.8. The summed E-state index contributed by atoms with van der Waals surface area (Å²) < 4.78 is 0. The van der Waals surface area contributed by atoms with E-state index in [1.165, 1.54) is 55.8 Å². The summed E-state index contributed by atoms with van der Waals surface area (Å²) in [5, 5.41) is 12.8. The molecule has 1 heterocycles. The smallest absolute Gasteiger partial charge is 0.118 e. The van der Waals surface area contributed by atoms with E-state index in [0.29, 0.717) is 5.75 Å². The molecule has 0 atom stereocenters. The highest BCUT2D eigenvalue weighted by Gasteiger charge is 2.40. The molecule has 3 rings (SSSR count). The van der Waals surface area contributed by atoms with E-state index in [1.807, 2.05) is 12.1 Å². The fourth-order valence-electron chi connectivity index (χ4n) is 4.42. The number of phenols is 1. The molecule has 128 valence electrons. The van der Waals surface area contributed by atoms with Gasteiger partial charge in [0.1, 0.15) is 13.8 Å². The molecule has 0 unspecified atom stereocenters. The van der Waals surface area contributed by atoms with Gasteiger partial charge in [0, 0.05) is 0 Å². The lowest BCUT2D eigenvalue weighted by Gasteiger charge is -2.39. The van der Waals surface area contributed by atoms with Crippen molar-refractivity contribution in [3.63, 3.8) is 0 Å². The van der Waals surface area contributed by atoms with Gasteiger partial charge in [0.15, 0.2) is 0 Å². The molecule has 0 radical (unpaired) electrons. The van der Waals surface area contributed by atoms with Gasteiger partial charge in [-0.05, 0) is 30.1 Å². The minimum atomic E-state index is -1.66. The van der Waals surface area contributed by atoms with Crippen LogP contribution in [0.3, 0.4) is 0 Å². The van der Waals surface area contributed by atoms with Crippen molar-refractivity contribution in [3.8, 4) is 5.75 Å². The van der Waals surface area contributed by atoms with Crippen LogP contribution < -0.4 is 10.4 Å². The van der Waals surface area contributed by atoms with Crippen molar-refractivity contribution in [1.29, 1.82) is 0 Å². The van der Waals surface area contributed by atoms with Crippen LogP contribution in [0.5, 0.6) is 5.75 Å². The third-order valence-corrected chi connectivity index (χ3v) is 11.1. The van der Waals surface area contributed by atoms with E-state index < -0.39 is 8.07 Å². The van der Waals surface area contributed by atoms with Gasteiger partial charge in [0.25, 0.3) is 0 Å². The average Bonchev–Trinajstić information content (AvgIpc) is 2.64. The summed E-state index contributed by atoms with van der Waals surface area (Å²) in [6.45, 7) is 2.29. The summed E-state index contributed by atoms with van der Waals surface area (Å²) in [5.74, 6) is 1.31. The maximum atomic E-state index is 9.69. The molecule has 0 spiro atoms. The van der Waals surface area contributed by atoms with Gasteiger partial charge in [-0.15, -0.1) is 0 Å². The van der Waals surface area contributed by atoms with Crippen LogP contribution in [-0.2, 0) is 0 Å². The second-order valence-electron chi connectivity index (χ2n) is 7.43. The topological polar surface area (TPSA) is 20.2 Å². The summed E-state index contributed by atoms with van der Waals surface area (Å²) in [6.07, 6.45) is 8.29. The predicted octanol–water partition coefficient (Wildman–Crippen LogP) is 4.95. The molecule has 2 heteroatoms. The van der Waals surface area contributed by atoms with Crippen LogP contribution in [0.25, 0.3) is 0 Å². The van der Waals surface area contributed by atoms with Crippen molar-refractivity contribution in [2.24, 2.45) is 5.92 Å². The lowest BCUT2D eigenvalue weighted by atomic mass is 9.96. The molecule has 1 aliphatic heterocycles. The SMILES string of the molecule is CCCCCC1CC[Si](c2ccccc2)(c2ccc(O)cc2)CC1. The number of unbranched alkanes of at least 4 members (excludes halogenated alkanes) is 2. The molecular formula is C22H30OSi. The Kier molecular flexibility index (Phi) is 5.78. The number of rotatable bonds is 6. The molecule has 24 heavy (non-hydrogen) atoms. The molecule has 0 bridgehead atoms. The number of hydrogen-bond acceptors (Lipinski definition) is 1. The Balaban J connectivity index is 1.82. The Morgan fingerprint density at radius 2 is 1.50 bits per heavy atom. The first-order chi connectivity index (χ1) is 11.7. The zero-order valence-electron chi connectivity index (χ0n) is 14.9. The molecule has 0 amide bonds. The van der Waals surface area contributed by atoms with Crippen molar-refractivity contribution in [2.45, 2.75) is 57.5 Å². The van der Waals surface area contributed by atoms with Crippen molar-refractivity contribution in [1.82, 2.24) is 0 Å². The molecule has 2 aromatic rings. The second kappa shape index (κ2) is 8.02. The number of hydrogen-bond donors (Lipinski definition) is 1. The highest BCUT2D eigenvalue weighted by atomic mass is 28.3. The standard InChI is InChI=1S/C22H30OSi/c1-2-3-5-8-19-15-17-24(18-16-19,21-9-6-4-7-10-21)22-13-11-20(23)12-14-22/h4,6-7,9-14,19,23H,2-3,5,8,15-18H2,1H3. The zero-order valence-corrected chi connectivity index (χ0v) is 15.9. The van der Waals surface area contributed by atoms with Crippen LogP contribution in [0.1, 0.15) is 45.4 Å². The van der Waals surface area contributed by atoms with Gasteiger partial charge in [0.2, 0.25) is 0 Å². The van der Waals surface area contributed by atoms with Crippen molar-refractivity contribution >= 4 is 18.4 Å². The monoisotopic (exact) mass is 338 g/mol. The molecular weight excluding hydrogens is 308 g/mol. The maximum absolute atomic E-state index is 9.69. The number of aromatic hydroxyl groups is 1. The minimum absolute atomic E-state index is 0.379. The molecule has 1 saturated heterocycles. The average molecular weight is 339 g/mol. The minimum Gasteiger partial charge on any atom is -0.508 e. The number of phenolic OH excluding ortho intramolecular Hbond substituents is 1. The molecule has 0 aromatic heterocycles. The Hall–Kier alpha value is -1.54. The van der Waals surface area contributed by atoms with E-state index in [4.69, 9.17) is 0 Å². The molecule has 2 aromatic carbocycles. The number of benzene rings is 2. The van der Waals surface area contributed by atoms with E-state index in [2.05, 4.69) is 49.4 Å². The lowest BCUT2D eigenvalue weighted by Crippen LogP contribution is -2.59. The molecule has 0 aliphatic carbocycles. The summed E-state index contributed by atoms with van der Waals surface area (Å²) in [4.78, 5) is 0. The highest BCUT2D eigenvalue weighted by Crippen LogP contribution is 2.35. The fourth-order valence-corrected chi connectivity index (χ4v) is 9.60. The van der Waals surface area contributed by atoms with Crippen LogP contribution in [0.2, 0.25) is 12.1 Å². The Morgan fingerprint density at radius 3 is 2.12 bits per heavy atom. The lowest BCUT2D eigenvalue weighted by molar-refractivity contribution is 0.416. The van der Waals surface area contributed by atoms with Crippen LogP contribution in [0.15, 0.2) is 54.6 Å². The van der Waals surface area contributed by atoms with Gasteiger partial charge < -0.3 is 5.11 Å². The first-order valence-corrected chi connectivity index (χ1v) is 12.0. The van der Waals surface area contributed by atoms with Crippen LogP contribution >= 0.6 is 0 Å². The van der Waals surface area contributed by atoms with Gasteiger partial charge in [-0.3, -0.25) is 0 Å². The van der Waals surface area contributed by atoms with Gasteiger partial charge >= 0.3 is 0 Å². The molecule has 1 fully saturated rings. The third kappa shape index (κ3) is 3.75. The van der Waals surface area contributed by atoms with Gasteiger partial charge in [-0.2, -0.15) is 0 Å². The predicted molar refractivity (Wildman–Crippen MR) is 106 cm³/mol. The normalized spacial score (nSPS) is 24.0. The van der Waals surface area contributed by atoms with E-state index in [9.17, 15) is 5.11 Å². The first kappa shape index (κ1) is 17.3. The Morgan fingerprint density at radius 1 is 0.875 bits per heavy atom. The molecule has 0 saturated carbocycles. The quantitative estimate of drug-likeness (QED) is 0.584. The summed E-state index contributed by atoms with van der Waals surface area (Å²) in [5.41, 5.74) is 0. The van der Waals surface area contributed by atoms with Gasteiger partial charge in [-0.1, -0.05) is 98.3 Å². The molecule has 1 nitrogen and oxygen atoms in total. The van der Waals surface area contributed by atoms with E-state index >= 15 is 0 Å². The molecule has 1 N–H and O–H groups in total. The Labute approximate surface area is 147 Å². The summed E-state index contributed by atoms with van der Waals surface area (Å²) >= 11 is 0. The van der Waals surface area contributed by atoms with Crippen molar-refractivity contribution in [2.75, 3.05) is 0 Å². The van der Waals surface area contributed by atoms with E-state index in [0.717, 1.165) is 5.92 Å².